The van der Waals surface area contributed by atoms with Crippen LogP contribution >= 0.6 is 0 Å². The van der Waals surface area contributed by atoms with Gasteiger partial charge in [-0.15, -0.1) is 0 Å². The van der Waals surface area contributed by atoms with E-state index in [9.17, 15) is 9.59 Å². The van der Waals surface area contributed by atoms with E-state index in [1.807, 2.05) is 42.6 Å². The molecule has 2 aliphatic heterocycles. The van der Waals surface area contributed by atoms with Gasteiger partial charge in [0.05, 0.1) is 5.57 Å². The number of nitrogens with one attached hydrogen (secondary N) is 3. The molecule has 0 bridgehead atoms. The molecule has 2 aromatic heterocycles. The van der Waals surface area contributed by atoms with Crippen LogP contribution in [-0.4, -0.2) is 46.3 Å². The second-order valence-corrected chi connectivity index (χ2v) is 8.12. The molecule has 1 saturated heterocycles. The third-order valence-corrected chi connectivity index (χ3v) is 5.98. The molecule has 2 amide bonds. The number of H-pyrrole nitrogens is 1. The number of aromatic amines is 1. The lowest BCUT2D eigenvalue weighted by Crippen LogP contribution is -2.32. The second-order valence-electron chi connectivity index (χ2n) is 8.12. The van der Waals surface area contributed by atoms with E-state index >= 15 is 0 Å². The first-order valence-corrected chi connectivity index (χ1v) is 10.8. The Labute approximate surface area is 180 Å². The first kappa shape index (κ1) is 19.5. The molecule has 0 radical (unpaired) electrons. The third kappa shape index (κ3) is 4.09. The van der Waals surface area contributed by atoms with Crippen molar-refractivity contribution in [3.05, 3.63) is 53.9 Å². The smallest absolute Gasteiger partial charge is 0.257 e. The van der Waals surface area contributed by atoms with E-state index < -0.39 is 0 Å². The maximum atomic E-state index is 12.5. The summed E-state index contributed by atoms with van der Waals surface area (Å²) in [6, 6.07) is 9.50. The van der Waals surface area contributed by atoms with Crippen LogP contribution in [0.15, 0.2) is 42.7 Å². The molecule has 3 aromatic rings. The van der Waals surface area contributed by atoms with E-state index in [0.717, 1.165) is 47.4 Å². The number of likely N-dealkylation sites (tertiary alicyclic amines) is 1. The number of carbonyl (C=O) groups excluding carboxylic acids is 2. The topological polar surface area (TPSA) is 90.1 Å². The molecule has 0 spiro atoms. The Morgan fingerprint density at radius 1 is 1.19 bits per heavy atom. The Bertz CT molecular complexity index is 1170. The molecule has 7 nitrogen and oxygen atoms in total. The number of amides is 2. The van der Waals surface area contributed by atoms with Crippen molar-refractivity contribution < 1.29 is 9.59 Å². The second kappa shape index (κ2) is 8.35. The summed E-state index contributed by atoms with van der Waals surface area (Å²) in [5, 5.41) is 6.77. The van der Waals surface area contributed by atoms with Crippen molar-refractivity contribution in [1.29, 1.82) is 0 Å². The van der Waals surface area contributed by atoms with Gasteiger partial charge in [0.2, 0.25) is 5.91 Å². The molecule has 0 aliphatic carbocycles. The highest BCUT2D eigenvalue weighted by Crippen LogP contribution is 2.33. The highest BCUT2D eigenvalue weighted by atomic mass is 16.2. The molecule has 1 fully saturated rings. The molecule has 0 saturated carbocycles. The lowest BCUT2D eigenvalue weighted by atomic mass is 10.0. The van der Waals surface area contributed by atoms with E-state index in [1.54, 1.807) is 6.20 Å². The first-order valence-electron chi connectivity index (χ1n) is 10.8. The Balaban J connectivity index is 1.34. The van der Waals surface area contributed by atoms with E-state index in [1.165, 1.54) is 19.3 Å². The summed E-state index contributed by atoms with van der Waals surface area (Å²) in [5.74, 6) is 0.445. The maximum absolute atomic E-state index is 12.5. The number of piperidine rings is 1. The van der Waals surface area contributed by atoms with E-state index in [2.05, 4.69) is 25.5 Å². The summed E-state index contributed by atoms with van der Waals surface area (Å²) in [7, 11) is 0. The van der Waals surface area contributed by atoms with Crippen LogP contribution in [0.3, 0.4) is 0 Å². The summed E-state index contributed by atoms with van der Waals surface area (Å²) >= 11 is 0. The Kier molecular flexibility index (Phi) is 5.26. The molecule has 4 heterocycles. The van der Waals surface area contributed by atoms with Gasteiger partial charge >= 0.3 is 0 Å². The van der Waals surface area contributed by atoms with E-state index in [-0.39, 0.29) is 11.8 Å². The fraction of sp³-hybridized carbons (Fsp3) is 0.292. The number of rotatable bonds is 5. The minimum atomic E-state index is -0.162. The summed E-state index contributed by atoms with van der Waals surface area (Å²) in [5.41, 5.74) is 3.97. The molecule has 31 heavy (non-hydrogen) atoms. The number of fused-ring (bicyclic) bond motifs is 2. The van der Waals surface area contributed by atoms with Crippen LogP contribution in [0, 0.1) is 0 Å². The lowest BCUT2D eigenvalue weighted by molar-refractivity contribution is -0.116. The van der Waals surface area contributed by atoms with Gasteiger partial charge in [-0.1, -0.05) is 6.42 Å². The molecule has 0 atom stereocenters. The van der Waals surface area contributed by atoms with Gasteiger partial charge in [0.25, 0.3) is 5.91 Å². The van der Waals surface area contributed by atoms with Gasteiger partial charge in [0.1, 0.15) is 5.82 Å². The summed E-state index contributed by atoms with van der Waals surface area (Å²) in [6.45, 7) is 2.98. The van der Waals surface area contributed by atoms with Crippen molar-refractivity contribution >= 4 is 45.9 Å². The van der Waals surface area contributed by atoms with Crippen molar-refractivity contribution in [2.75, 3.05) is 30.3 Å². The highest BCUT2D eigenvalue weighted by molar-refractivity contribution is 6.34. The number of pyridine rings is 1. The van der Waals surface area contributed by atoms with Crippen molar-refractivity contribution in [2.24, 2.45) is 0 Å². The zero-order valence-electron chi connectivity index (χ0n) is 17.3. The largest absolute Gasteiger partial charge is 0.361 e. The molecule has 158 valence electrons. The average Bonchev–Trinajstić information content (AvgIpc) is 3.33. The molecule has 3 N–H and O–H groups in total. The van der Waals surface area contributed by atoms with Crippen LogP contribution in [0.2, 0.25) is 0 Å². The van der Waals surface area contributed by atoms with Crippen molar-refractivity contribution in [3.8, 4) is 0 Å². The number of anilines is 2. The average molecular weight is 415 g/mol. The summed E-state index contributed by atoms with van der Waals surface area (Å²) in [6.07, 6.45) is 9.64. The van der Waals surface area contributed by atoms with Gasteiger partial charge in [0.15, 0.2) is 0 Å². The van der Waals surface area contributed by atoms with Gasteiger partial charge in [-0.3, -0.25) is 9.59 Å². The fourth-order valence-corrected chi connectivity index (χ4v) is 4.32. The third-order valence-electron chi connectivity index (χ3n) is 5.98. The molecule has 1 aromatic carbocycles. The first-order chi connectivity index (χ1) is 15.2. The normalized spacial score (nSPS) is 17.7. The quantitative estimate of drug-likeness (QED) is 0.552. The van der Waals surface area contributed by atoms with E-state index in [4.69, 9.17) is 0 Å². The summed E-state index contributed by atoms with van der Waals surface area (Å²) < 4.78 is 0. The number of aromatic nitrogens is 2. The van der Waals surface area contributed by atoms with Gasteiger partial charge in [0, 0.05) is 53.1 Å². The maximum Gasteiger partial charge on any atom is 0.257 e. The molecule has 5 rings (SSSR count). The van der Waals surface area contributed by atoms with Gasteiger partial charge in [-0.05, 0) is 62.3 Å². The Morgan fingerprint density at radius 2 is 2.06 bits per heavy atom. The van der Waals surface area contributed by atoms with Crippen LogP contribution < -0.4 is 10.6 Å². The van der Waals surface area contributed by atoms with Gasteiger partial charge < -0.3 is 20.5 Å². The molecule has 7 heteroatoms. The van der Waals surface area contributed by atoms with Crippen LogP contribution in [-0.2, 0) is 9.59 Å². The number of carbonyl (C=O) groups is 2. The predicted molar refractivity (Wildman–Crippen MR) is 123 cm³/mol. The van der Waals surface area contributed by atoms with Crippen LogP contribution in [0.4, 0.5) is 11.5 Å². The molecule has 2 aliphatic rings. The van der Waals surface area contributed by atoms with Crippen LogP contribution in [0.5, 0.6) is 0 Å². The summed E-state index contributed by atoms with van der Waals surface area (Å²) in [4.78, 5) is 34.7. The standard InChI is InChI=1S/C24H25N5O2/c30-22(8-12-29-10-2-1-3-11-29)27-17-6-7-21-19(14-17)16(15-26-21)13-20-18-5-4-9-25-23(18)28-24(20)31/h4-7,9,13-15,26H,1-3,8,10-12H2,(H,27,30)(H,25,28,31). The lowest BCUT2D eigenvalue weighted by Gasteiger charge is -2.25. The Morgan fingerprint density at radius 3 is 2.94 bits per heavy atom. The van der Waals surface area contributed by atoms with Crippen molar-refractivity contribution in [1.82, 2.24) is 14.9 Å². The SMILES string of the molecule is O=C(CCN1CCCCC1)Nc1ccc2[nH]cc(C=C3C(=O)Nc4ncccc43)c2c1. The number of nitrogens with zero attached hydrogens (tertiary/aromatic N) is 2. The van der Waals surface area contributed by atoms with Crippen LogP contribution in [0.25, 0.3) is 22.6 Å². The van der Waals surface area contributed by atoms with Crippen LogP contribution in [0.1, 0.15) is 36.8 Å². The predicted octanol–water partition coefficient (Wildman–Crippen LogP) is 3.87. The fourth-order valence-electron chi connectivity index (χ4n) is 4.32. The molecule has 0 unspecified atom stereocenters. The molecular weight excluding hydrogens is 390 g/mol. The number of benzene rings is 1. The van der Waals surface area contributed by atoms with E-state index in [0.29, 0.717) is 17.8 Å². The van der Waals surface area contributed by atoms with Gasteiger partial charge in [-0.25, -0.2) is 4.98 Å². The van der Waals surface area contributed by atoms with Crippen molar-refractivity contribution in [2.45, 2.75) is 25.7 Å². The monoisotopic (exact) mass is 415 g/mol. The zero-order chi connectivity index (χ0) is 21.2. The molecular formula is C24H25N5O2. The van der Waals surface area contributed by atoms with Gasteiger partial charge in [-0.2, -0.15) is 0 Å². The minimum Gasteiger partial charge on any atom is -0.361 e. The van der Waals surface area contributed by atoms with Crippen molar-refractivity contribution in [3.63, 3.8) is 0 Å². The highest BCUT2D eigenvalue weighted by Gasteiger charge is 2.25. The number of hydrogen-bond donors (Lipinski definition) is 3. The Hall–Kier alpha value is -3.45. The number of hydrogen-bond acceptors (Lipinski definition) is 4. The minimum absolute atomic E-state index is 0.0236. The zero-order valence-corrected chi connectivity index (χ0v) is 17.3.